The first-order valence-corrected chi connectivity index (χ1v) is 4.71. The van der Waals surface area contributed by atoms with E-state index >= 15 is 0 Å². The standard InChI is InChI=1S/C10H12N2O2/c11-8-5-1-3-7-4-2-6-9(10(7)8)12(13)14/h1,3,5,9H,2,4,6,11H2. The molecule has 4 nitrogen and oxygen atoms in total. The van der Waals surface area contributed by atoms with Gasteiger partial charge in [0, 0.05) is 17.0 Å². The van der Waals surface area contributed by atoms with E-state index in [4.69, 9.17) is 5.73 Å². The highest BCUT2D eigenvalue weighted by Gasteiger charge is 2.30. The van der Waals surface area contributed by atoms with Gasteiger partial charge in [0.2, 0.25) is 6.04 Å². The number of aryl methyl sites for hydroxylation is 1. The molecule has 0 spiro atoms. The molecule has 2 rings (SSSR count). The topological polar surface area (TPSA) is 69.2 Å². The molecule has 1 atom stereocenters. The molecule has 0 bridgehead atoms. The third-order valence-corrected chi connectivity index (χ3v) is 2.74. The first-order chi connectivity index (χ1) is 6.70. The third-order valence-electron chi connectivity index (χ3n) is 2.74. The number of nitrogens with zero attached hydrogens (tertiary/aromatic N) is 1. The van der Waals surface area contributed by atoms with Gasteiger partial charge in [0.15, 0.2) is 0 Å². The Morgan fingerprint density at radius 2 is 2.29 bits per heavy atom. The zero-order chi connectivity index (χ0) is 10.1. The Balaban J connectivity index is 2.52. The molecule has 2 N–H and O–H groups in total. The first kappa shape index (κ1) is 8.99. The molecule has 1 aromatic rings. The Morgan fingerprint density at radius 1 is 1.50 bits per heavy atom. The van der Waals surface area contributed by atoms with Crippen LogP contribution in [0.2, 0.25) is 0 Å². The lowest BCUT2D eigenvalue weighted by atomic mass is 9.87. The number of benzene rings is 1. The van der Waals surface area contributed by atoms with E-state index in [0.717, 1.165) is 24.0 Å². The minimum Gasteiger partial charge on any atom is -0.398 e. The van der Waals surface area contributed by atoms with Crippen molar-refractivity contribution in [2.24, 2.45) is 0 Å². The van der Waals surface area contributed by atoms with E-state index in [1.165, 1.54) is 0 Å². The summed E-state index contributed by atoms with van der Waals surface area (Å²) in [4.78, 5) is 10.6. The van der Waals surface area contributed by atoms with Gasteiger partial charge in [0.25, 0.3) is 0 Å². The number of nitro groups is 1. The van der Waals surface area contributed by atoms with Crippen LogP contribution in [-0.4, -0.2) is 4.92 Å². The maximum Gasteiger partial charge on any atom is 0.240 e. The van der Waals surface area contributed by atoms with Crippen LogP contribution in [0.4, 0.5) is 5.69 Å². The van der Waals surface area contributed by atoms with Crippen LogP contribution in [0.1, 0.15) is 30.0 Å². The van der Waals surface area contributed by atoms with Gasteiger partial charge in [-0.05, 0) is 24.5 Å². The molecule has 0 fully saturated rings. The quantitative estimate of drug-likeness (QED) is 0.420. The molecule has 1 aromatic carbocycles. The molecule has 0 heterocycles. The fourth-order valence-corrected chi connectivity index (χ4v) is 2.10. The number of nitrogens with two attached hydrogens (primary N) is 1. The monoisotopic (exact) mass is 192 g/mol. The normalized spacial score (nSPS) is 20.1. The van der Waals surface area contributed by atoms with Crippen LogP contribution in [0.5, 0.6) is 0 Å². The highest BCUT2D eigenvalue weighted by Crippen LogP contribution is 2.35. The molecule has 0 amide bonds. The SMILES string of the molecule is Nc1cccc2c1C([N+](=O)[O-])CCC2. The summed E-state index contributed by atoms with van der Waals surface area (Å²) in [7, 11) is 0. The lowest BCUT2D eigenvalue weighted by Crippen LogP contribution is -2.18. The van der Waals surface area contributed by atoms with Crippen molar-refractivity contribution >= 4 is 5.69 Å². The van der Waals surface area contributed by atoms with Gasteiger partial charge in [0.05, 0.1) is 5.56 Å². The van der Waals surface area contributed by atoms with Crippen molar-refractivity contribution in [3.8, 4) is 0 Å². The predicted octanol–water partition coefficient (Wildman–Crippen LogP) is 1.92. The molecule has 0 saturated heterocycles. The van der Waals surface area contributed by atoms with Gasteiger partial charge in [0.1, 0.15) is 0 Å². The fraction of sp³-hybridized carbons (Fsp3) is 0.400. The smallest absolute Gasteiger partial charge is 0.240 e. The number of hydrogen-bond acceptors (Lipinski definition) is 3. The fourth-order valence-electron chi connectivity index (χ4n) is 2.10. The highest BCUT2D eigenvalue weighted by molar-refractivity contribution is 5.53. The largest absolute Gasteiger partial charge is 0.398 e. The van der Waals surface area contributed by atoms with Gasteiger partial charge in [-0.2, -0.15) is 0 Å². The van der Waals surface area contributed by atoms with E-state index in [1.54, 1.807) is 6.07 Å². The van der Waals surface area contributed by atoms with E-state index in [2.05, 4.69) is 0 Å². The van der Waals surface area contributed by atoms with Gasteiger partial charge < -0.3 is 5.73 Å². The molecular formula is C10H12N2O2. The average molecular weight is 192 g/mol. The molecule has 74 valence electrons. The van der Waals surface area contributed by atoms with E-state index in [-0.39, 0.29) is 4.92 Å². The molecule has 0 saturated carbocycles. The number of anilines is 1. The number of hydrogen-bond donors (Lipinski definition) is 1. The number of nitrogen functional groups attached to an aromatic ring is 1. The molecule has 0 radical (unpaired) electrons. The van der Waals surface area contributed by atoms with Gasteiger partial charge in [-0.15, -0.1) is 0 Å². The Hall–Kier alpha value is -1.58. The highest BCUT2D eigenvalue weighted by atomic mass is 16.6. The molecule has 1 aliphatic rings. The second-order valence-electron chi connectivity index (χ2n) is 3.61. The molecule has 0 aromatic heterocycles. The van der Waals surface area contributed by atoms with Gasteiger partial charge in [-0.1, -0.05) is 12.1 Å². The minimum absolute atomic E-state index is 0.228. The molecular weight excluding hydrogens is 180 g/mol. The maximum absolute atomic E-state index is 10.8. The van der Waals surface area contributed by atoms with Crippen LogP contribution < -0.4 is 5.73 Å². The molecule has 1 unspecified atom stereocenters. The minimum atomic E-state index is -0.597. The Bertz CT molecular complexity index is 376. The second-order valence-corrected chi connectivity index (χ2v) is 3.61. The Morgan fingerprint density at radius 3 is 3.00 bits per heavy atom. The van der Waals surface area contributed by atoms with Crippen molar-refractivity contribution in [2.75, 3.05) is 5.73 Å². The summed E-state index contributed by atoms with van der Waals surface area (Å²) in [6.07, 6.45) is 2.39. The lowest BCUT2D eigenvalue weighted by molar-refractivity contribution is -0.530. The summed E-state index contributed by atoms with van der Waals surface area (Å²) in [5.74, 6) is 0. The van der Waals surface area contributed by atoms with Crippen molar-refractivity contribution in [3.05, 3.63) is 39.4 Å². The summed E-state index contributed by atoms with van der Waals surface area (Å²) in [5, 5.41) is 10.8. The Labute approximate surface area is 81.9 Å². The van der Waals surface area contributed by atoms with Gasteiger partial charge in [-0.25, -0.2) is 0 Å². The van der Waals surface area contributed by atoms with E-state index in [1.807, 2.05) is 12.1 Å². The van der Waals surface area contributed by atoms with E-state index in [9.17, 15) is 10.1 Å². The summed E-state index contributed by atoms with van der Waals surface area (Å²) < 4.78 is 0. The van der Waals surface area contributed by atoms with Gasteiger partial charge >= 0.3 is 0 Å². The molecule has 14 heavy (non-hydrogen) atoms. The Kier molecular flexibility index (Phi) is 2.11. The maximum atomic E-state index is 10.8. The third kappa shape index (κ3) is 1.32. The summed E-state index contributed by atoms with van der Waals surface area (Å²) in [5.41, 5.74) is 8.10. The summed E-state index contributed by atoms with van der Waals surface area (Å²) >= 11 is 0. The van der Waals surface area contributed by atoms with Crippen LogP contribution in [0.15, 0.2) is 18.2 Å². The van der Waals surface area contributed by atoms with Crippen LogP contribution in [0.3, 0.4) is 0 Å². The van der Waals surface area contributed by atoms with Crippen LogP contribution in [0, 0.1) is 10.1 Å². The van der Waals surface area contributed by atoms with Crippen LogP contribution in [0.25, 0.3) is 0 Å². The zero-order valence-electron chi connectivity index (χ0n) is 7.77. The first-order valence-electron chi connectivity index (χ1n) is 4.71. The van der Waals surface area contributed by atoms with Crippen molar-refractivity contribution in [1.82, 2.24) is 0 Å². The average Bonchev–Trinajstić information content (AvgIpc) is 2.17. The number of rotatable bonds is 1. The number of fused-ring (bicyclic) bond motifs is 1. The summed E-state index contributed by atoms with van der Waals surface area (Å²) in [6, 6.07) is 4.93. The van der Waals surface area contributed by atoms with Crippen molar-refractivity contribution in [3.63, 3.8) is 0 Å². The van der Waals surface area contributed by atoms with Crippen molar-refractivity contribution < 1.29 is 4.92 Å². The lowest BCUT2D eigenvalue weighted by Gasteiger charge is -2.20. The second kappa shape index (κ2) is 3.29. The van der Waals surface area contributed by atoms with Gasteiger partial charge in [-0.3, -0.25) is 10.1 Å². The van der Waals surface area contributed by atoms with Crippen molar-refractivity contribution in [2.45, 2.75) is 25.3 Å². The van der Waals surface area contributed by atoms with E-state index < -0.39 is 6.04 Å². The van der Waals surface area contributed by atoms with Crippen molar-refractivity contribution in [1.29, 1.82) is 0 Å². The predicted molar refractivity (Wildman–Crippen MR) is 53.5 cm³/mol. The molecule has 4 heteroatoms. The van der Waals surface area contributed by atoms with Crippen LogP contribution in [-0.2, 0) is 6.42 Å². The van der Waals surface area contributed by atoms with E-state index in [0.29, 0.717) is 12.1 Å². The zero-order valence-corrected chi connectivity index (χ0v) is 7.77. The molecule has 1 aliphatic carbocycles. The molecule has 0 aliphatic heterocycles. The summed E-state index contributed by atoms with van der Waals surface area (Å²) in [6.45, 7) is 0. The van der Waals surface area contributed by atoms with Crippen LogP contribution >= 0.6 is 0 Å².